The highest BCUT2D eigenvalue weighted by atomic mass is 16.8. The zero-order chi connectivity index (χ0) is 42.0. The summed E-state index contributed by atoms with van der Waals surface area (Å²) < 4.78 is 53.6. The maximum absolute atomic E-state index is 11.6. The van der Waals surface area contributed by atoms with Gasteiger partial charge >= 0.3 is 0 Å². The summed E-state index contributed by atoms with van der Waals surface area (Å²) in [4.78, 5) is 0. The van der Waals surface area contributed by atoms with E-state index in [1.54, 1.807) is 27.7 Å². The molecule has 0 aromatic heterocycles. The second kappa shape index (κ2) is 20.4. The van der Waals surface area contributed by atoms with Crippen molar-refractivity contribution in [3.05, 3.63) is 0 Å². The summed E-state index contributed by atoms with van der Waals surface area (Å²) in [6.07, 6.45) is -29.3. The first-order valence-corrected chi connectivity index (χ1v) is 20.3. The normalized spacial score (nSPS) is 52.5. The summed E-state index contributed by atoms with van der Waals surface area (Å²) in [5.74, 6) is -1.34. The molecule has 0 spiro atoms. The molecule has 0 aromatic carbocycles. The molecule has 5 fully saturated rings. The van der Waals surface area contributed by atoms with Gasteiger partial charge in [-0.05, 0) is 25.7 Å². The van der Waals surface area contributed by atoms with Gasteiger partial charge in [0.15, 0.2) is 25.2 Å². The maximum atomic E-state index is 11.6. The van der Waals surface area contributed by atoms with Crippen LogP contribution in [0.15, 0.2) is 0 Å². The number of hydrogen-bond donors (Lipinski definition) is 11. The lowest BCUT2D eigenvalue weighted by atomic mass is 9.86. The zero-order valence-electron chi connectivity index (χ0n) is 33.3. The summed E-state index contributed by atoms with van der Waals surface area (Å²) in [6.45, 7) is 9.10. The summed E-state index contributed by atoms with van der Waals surface area (Å²) in [5.41, 5.74) is 0. The third-order valence-electron chi connectivity index (χ3n) is 12.2. The first-order chi connectivity index (χ1) is 27.1. The third kappa shape index (κ3) is 9.66. The van der Waals surface area contributed by atoms with Gasteiger partial charge < -0.3 is 98.8 Å². The van der Waals surface area contributed by atoms with E-state index in [0.29, 0.717) is 6.42 Å². The van der Waals surface area contributed by atoms with Crippen molar-refractivity contribution in [3.63, 3.8) is 0 Å². The van der Waals surface area contributed by atoms with Gasteiger partial charge in [0, 0.05) is 11.8 Å². The Morgan fingerprint density at radius 1 is 0.333 bits per heavy atom. The summed E-state index contributed by atoms with van der Waals surface area (Å²) in [5, 5.41) is 120. The minimum absolute atomic E-state index is 0.199. The van der Waals surface area contributed by atoms with Gasteiger partial charge in [-0.25, -0.2) is 0 Å². The number of hydrogen-bond acceptors (Lipinski definition) is 20. The molecule has 5 rings (SSSR count). The fourth-order valence-electron chi connectivity index (χ4n) is 8.48. The molecule has 0 bridgehead atoms. The molecule has 0 amide bonds. The van der Waals surface area contributed by atoms with Crippen molar-refractivity contribution >= 4 is 0 Å². The van der Waals surface area contributed by atoms with E-state index in [1.807, 2.05) is 6.92 Å². The average Bonchev–Trinajstić information content (AvgIpc) is 3.20. The lowest BCUT2D eigenvalue weighted by molar-refractivity contribution is -0.386. The standard InChI is InChI=1S/C37H66O20/c1-7-15-13(5)21(40)30(19(11-38)49-15)54-36-28(47)32(24(43)17(9-3)51-36)56-34-14(6)22(41)31(20(12-39)53-34)55-37-29(48)33(25(44)18(10-4)52-37)57-35-27(46)26(45)23(42)16(8-2)50-35/h13-48H,7-12H2,1-6H3. The van der Waals surface area contributed by atoms with Crippen molar-refractivity contribution in [2.45, 2.75) is 208 Å². The Morgan fingerprint density at radius 3 is 1.12 bits per heavy atom. The van der Waals surface area contributed by atoms with Crippen LogP contribution in [0, 0.1) is 11.8 Å². The Bertz CT molecular complexity index is 1220. The van der Waals surface area contributed by atoms with Crippen molar-refractivity contribution in [1.29, 1.82) is 0 Å². The smallest absolute Gasteiger partial charge is 0.187 e. The molecule has 57 heavy (non-hydrogen) atoms. The van der Waals surface area contributed by atoms with Crippen LogP contribution in [0.4, 0.5) is 0 Å². The Labute approximate surface area is 332 Å². The monoisotopic (exact) mass is 830 g/mol. The van der Waals surface area contributed by atoms with Gasteiger partial charge in [-0.15, -0.1) is 0 Å². The van der Waals surface area contributed by atoms with E-state index in [9.17, 15) is 56.2 Å². The van der Waals surface area contributed by atoms with Crippen LogP contribution in [0.2, 0.25) is 0 Å². The average molecular weight is 831 g/mol. The van der Waals surface area contributed by atoms with Gasteiger partial charge in [-0.1, -0.05) is 41.5 Å². The number of aliphatic hydroxyl groups excluding tert-OH is 11. The van der Waals surface area contributed by atoms with Gasteiger partial charge in [0.1, 0.15) is 79.4 Å². The molecule has 5 saturated heterocycles. The zero-order valence-corrected chi connectivity index (χ0v) is 33.3. The van der Waals surface area contributed by atoms with Crippen LogP contribution in [0.25, 0.3) is 0 Å². The molecule has 0 saturated carbocycles. The number of rotatable bonds is 14. The molecule has 20 nitrogen and oxygen atoms in total. The molecule has 11 N–H and O–H groups in total. The van der Waals surface area contributed by atoms with Gasteiger partial charge in [0.2, 0.25) is 0 Å². The van der Waals surface area contributed by atoms with Crippen molar-refractivity contribution in [3.8, 4) is 0 Å². The molecule has 5 aliphatic rings. The van der Waals surface area contributed by atoms with Crippen molar-refractivity contribution in [1.82, 2.24) is 0 Å². The number of ether oxygens (including phenoxy) is 9. The van der Waals surface area contributed by atoms with Gasteiger partial charge in [-0.3, -0.25) is 0 Å². The van der Waals surface area contributed by atoms with E-state index in [4.69, 9.17) is 42.6 Å². The number of aliphatic hydroxyl groups is 11. The SMILES string of the molecule is CCC1OC(CO)C(OC2OC(CC)C(O)C(OC3OC(CO)C(OC4OC(CC)C(O)C(OC5OC(CC)C(O)C(O)C5O)C4O)C(O)C3C)C2O)C(O)C1C. The van der Waals surface area contributed by atoms with Crippen molar-refractivity contribution in [2.75, 3.05) is 13.2 Å². The van der Waals surface area contributed by atoms with Crippen LogP contribution in [0.1, 0.15) is 67.2 Å². The van der Waals surface area contributed by atoms with Gasteiger partial charge in [0.05, 0.1) is 49.8 Å². The van der Waals surface area contributed by atoms with E-state index in [1.165, 1.54) is 6.92 Å². The van der Waals surface area contributed by atoms with E-state index in [-0.39, 0.29) is 31.3 Å². The highest BCUT2D eigenvalue weighted by molar-refractivity contribution is 4.98. The maximum Gasteiger partial charge on any atom is 0.187 e. The molecule has 0 radical (unpaired) electrons. The molecule has 0 aromatic rings. The third-order valence-corrected chi connectivity index (χ3v) is 12.2. The molecule has 25 unspecified atom stereocenters. The summed E-state index contributed by atoms with van der Waals surface area (Å²) in [6, 6.07) is 0. The Hall–Kier alpha value is -0.800. The van der Waals surface area contributed by atoms with Crippen molar-refractivity contribution in [2.24, 2.45) is 11.8 Å². The quantitative estimate of drug-likeness (QED) is 0.0804. The van der Waals surface area contributed by atoms with E-state index < -0.39 is 154 Å². The predicted molar refractivity (Wildman–Crippen MR) is 191 cm³/mol. The Kier molecular flexibility index (Phi) is 16.9. The predicted octanol–water partition coefficient (Wildman–Crippen LogP) is -3.66. The van der Waals surface area contributed by atoms with Crippen LogP contribution in [-0.4, -0.2) is 211 Å². The molecule has 5 heterocycles. The molecule has 334 valence electrons. The molecular weight excluding hydrogens is 764 g/mol. The Morgan fingerprint density at radius 2 is 0.684 bits per heavy atom. The molecule has 25 atom stereocenters. The minimum Gasteiger partial charge on any atom is -0.394 e. The highest BCUT2D eigenvalue weighted by Crippen LogP contribution is 2.38. The molecule has 20 heteroatoms. The lowest BCUT2D eigenvalue weighted by Gasteiger charge is -2.50. The van der Waals surface area contributed by atoms with Crippen LogP contribution in [0.3, 0.4) is 0 Å². The minimum atomic E-state index is -1.77. The fourth-order valence-corrected chi connectivity index (χ4v) is 8.48. The van der Waals surface area contributed by atoms with Gasteiger partial charge in [0.25, 0.3) is 0 Å². The summed E-state index contributed by atoms with van der Waals surface area (Å²) >= 11 is 0. The molecule has 5 aliphatic heterocycles. The largest absolute Gasteiger partial charge is 0.394 e. The molecule has 0 aliphatic carbocycles. The first-order valence-electron chi connectivity index (χ1n) is 20.3. The van der Waals surface area contributed by atoms with Crippen LogP contribution < -0.4 is 0 Å². The fraction of sp³-hybridized carbons (Fsp3) is 1.00. The van der Waals surface area contributed by atoms with Gasteiger partial charge in [-0.2, -0.15) is 0 Å². The van der Waals surface area contributed by atoms with E-state index >= 15 is 0 Å². The van der Waals surface area contributed by atoms with Crippen LogP contribution >= 0.6 is 0 Å². The highest BCUT2D eigenvalue weighted by Gasteiger charge is 2.55. The Balaban J connectivity index is 1.29. The first kappa shape index (κ1) is 47.3. The van der Waals surface area contributed by atoms with E-state index in [2.05, 4.69) is 0 Å². The van der Waals surface area contributed by atoms with Crippen LogP contribution in [0.5, 0.6) is 0 Å². The second-order valence-electron chi connectivity index (χ2n) is 15.9. The van der Waals surface area contributed by atoms with Crippen molar-refractivity contribution < 1.29 is 98.8 Å². The van der Waals surface area contributed by atoms with E-state index in [0.717, 1.165) is 0 Å². The summed E-state index contributed by atoms with van der Waals surface area (Å²) in [7, 11) is 0. The lowest BCUT2D eigenvalue weighted by Crippen LogP contribution is -2.66. The topological polar surface area (TPSA) is 306 Å². The van der Waals surface area contributed by atoms with Crippen LogP contribution in [-0.2, 0) is 42.6 Å². The molecular formula is C37H66O20. The second-order valence-corrected chi connectivity index (χ2v) is 15.9.